The molecule has 0 heterocycles. The van der Waals surface area contributed by atoms with Gasteiger partial charge in [0.15, 0.2) is 18.1 Å². The smallest absolute Gasteiger partial charge is 0.273 e. The number of nitro benzene ring substituents is 1. The van der Waals surface area contributed by atoms with Crippen LogP contribution in [0.1, 0.15) is 32.1 Å². The number of ether oxygens (including phenoxy) is 2. The number of nitrogens with zero attached hydrogens (tertiary/aromatic N) is 1. The Balaban J connectivity index is 1.81. The normalized spacial score (nSPS) is 13.8. The van der Waals surface area contributed by atoms with Gasteiger partial charge in [-0.05, 0) is 38.2 Å². The second kappa shape index (κ2) is 8.90. The van der Waals surface area contributed by atoms with E-state index in [1.165, 1.54) is 43.7 Å². The SMILES string of the molecule is COc1ccc([N+](=O)[O-])cc1OCC(=O)NCCC1=CCCCC1. The summed E-state index contributed by atoms with van der Waals surface area (Å²) in [7, 11) is 1.44. The first-order valence-corrected chi connectivity index (χ1v) is 8.00. The molecule has 0 fully saturated rings. The molecule has 1 aromatic rings. The number of carbonyl (C=O) groups excluding carboxylic acids is 1. The molecule has 1 aliphatic carbocycles. The van der Waals surface area contributed by atoms with Crippen molar-refractivity contribution in [2.45, 2.75) is 32.1 Å². The molecule has 0 saturated carbocycles. The number of nitro groups is 1. The molecule has 0 atom stereocenters. The lowest BCUT2D eigenvalue weighted by Gasteiger charge is -2.13. The Hall–Kier alpha value is -2.57. The molecule has 0 spiro atoms. The lowest BCUT2D eigenvalue weighted by atomic mass is 9.97. The zero-order valence-corrected chi connectivity index (χ0v) is 13.7. The molecule has 130 valence electrons. The Morgan fingerprint density at radius 1 is 1.33 bits per heavy atom. The van der Waals surface area contributed by atoms with E-state index in [-0.39, 0.29) is 24.0 Å². The van der Waals surface area contributed by atoms with Crippen LogP contribution in [0.5, 0.6) is 11.5 Å². The summed E-state index contributed by atoms with van der Waals surface area (Å²) < 4.78 is 10.5. The lowest BCUT2D eigenvalue weighted by Crippen LogP contribution is -2.30. The van der Waals surface area contributed by atoms with Crippen molar-refractivity contribution in [2.24, 2.45) is 0 Å². The van der Waals surface area contributed by atoms with Crippen LogP contribution in [0.15, 0.2) is 29.8 Å². The fourth-order valence-corrected chi connectivity index (χ4v) is 2.58. The number of non-ortho nitro benzene ring substituents is 1. The number of hydrogen-bond donors (Lipinski definition) is 1. The van der Waals surface area contributed by atoms with E-state index in [0.717, 1.165) is 19.3 Å². The van der Waals surface area contributed by atoms with Crippen LogP contribution in [0, 0.1) is 10.1 Å². The van der Waals surface area contributed by atoms with Gasteiger partial charge in [-0.1, -0.05) is 11.6 Å². The van der Waals surface area contributed by atoms with E-state index in [0.29, 0.717) is 12.3 Å². The van der Waals surface area contributed by atoms with Crippen LogP contribution in [0.25, 0.3) is 0 Å². The van der Waals surface area contributed by atoms with Crippen LogP contribution in [-0.2, 0) is 4.79 Å². The molecule has 1 N–H and O–H groups in total. The molecular formula is C17H22N2O5. The first kappa shape index (κ1) is 17.8. The van der Waals surface area contributed by atoms with E-state index in [4.69, 9.17) is 9.47 Å². The van der Waals surface area contributed by atoms with E-state index >= 15 is 0 Å². The number of carbonyl (C=O) groups is 1. The molecule has 1 aromatic carbocycles. The quantitative estimate of drug-likeness (QED) is 0.448. The van der Waals surface area contributed by atoms with Gasteiger partial charge in [-0.15, -0.1) is 0 Å². The fourth-order valence-electron chi connectivity index (χ4n) is 2.58. The largest absolute Gasteiger partial charge is 0.493 e. The Labute approximate surface area is 140 Å². The standard InChI is InChI=1S/C17H22N2O5/c1-23-15-8-7-14(19(21)22)11-16(15)24-12-17(20)18-10-9-13-5-3-2-4-6-13/h5,7-8,11H,2-4,6,9-10,12H2,1H3,(H,18,20). The van der Waals surface area contributed by atoms with Crippen LogP contribution in [0.3, 0.4) is 0 Å². The maximum atomic E-state index is 11.8. The van der Waals surface area contributed by atoms with Gasteiger partial charge >= 0.3 is 0 Å². The number of methoxy groups -OCH3 is 1. The van der Waals surface area contributed by atoms with Crippen molar-refractivity contribution in [3.05, 3.63) is 40.0 Å². The molecule has 24 heavy (non-hydrogen) atoms. The molecule has 0 aromatic heterocycles. The molecule has 0 aliphatic heterocycles. The van der Waals surface area contributed by atoms with Crippen molar-refractivity contribution in [3.63, 3.8) is 0 Å². The van der Waals surface area contributed by atoms with Crippen LogP contribution in [0.4, 0.5) is 5.69 Å². The molecule has 2 rings (SSSR count). The van der Waals surface area contributed by atoms with Gasteiger partial charge in [0, 0.05) is 12.6 Å². The summed E-state index contributed by atoms with van der Waals surface area (Å²) in [6.07, 6.45) is 7.80. The second-order valence-electron chi connectivity index (χ2n) is 5.59. The Kier molecular flexibility index (Phi) is 6.60. The van der Waals surface area contributed by atoms with E-state index in [9.17, 15) is 14.9 Å². The molecule has 1 amide bonds. The summed E-state index contributed by atoms with van der Waals surface area (Å²) in [6.45, 7) is 0.358. The van der Waals surface area contributed by atoms with E-state index in [1.54, 1.807) is 0 Å². The third-order valence-corrected chi connectivity index (χ3v) is 3.87. The zero-order chi connectivity index (χ0) is 17.4. The van der Waals surface area contributed by atoms with Crippen LogP contribution >= 0.6 is 0 Å². The van der Waals surface area contributed by atoms with Crippen molar-refractivity contribution >= 4 is 11.6 Å². The maximum absolute atomic E-state index is 11.8. The fraction of sp³-hybridized carbons (Fsp3) is 0.471. The minimum atomic E-state index is -0.524. The number of amides is 1. The third-order valence-electron chi connectivity index (χ3n) is 3.87. The van der Waals surface area contributed by atoms with E-state index < -0.39 is 4.92 Å². The first-order chi connectivity index (χ1) is 11.6. The Morgan fingerprint density at radius 2 is 2.17 bits per heavy atom. The average Bonchev–Trinajstić information content (AvgIpc) is 2.60. The molecule has 7 heteroatoms. The predicted octanol–water partition coefficient (Wildman–Crippen LogP) is 2.99. The molecule has 0 unspecified atom stereocenters. The second-order valence-corrected chi connectivity index (χ2v) is 5.59. The van der Waals surface area contributed by atoms with Gasteiger partial charge in [0.05, 0.1) is 18.1 Å². The van der Waals surface area contributed by atoms with Crippen LogP contribution < -0.4 is 14.8 Å². The number of hydrogen-bond acceptors (Lipinski definition) is 5. The lowest BCUT2D eigenvalue weighted by molar-refractivity contribution is -0.385. The predicted molar refractivity (Wildman–Crippen MR) is 89.3 cm³/mol. The summed E-state index contributed by atoms with van der Waals surface area (Å²) in [5.41, 5.74) is 1.28. The third kappa shape index (κ3) is 5.26. The van der Waals surface area contributed by atoms with E-state index in [1.807, 2.05) is 0 Å². The van der Waals surface area contributed by atoms with Gasteiger partial charge in [0.25, 0.3) is 11.6 Å². The van der Waals surface area contributed by atoms with Gasteiger partial charge in [0.1, 0.15) is 0 Å². The first-order valence-electron chi connectivity index (χ1n) is 8.00. The van der Waals surface area contributed by atoms with Gasteiger partial charge in [-0.25, -0.2) is 0 Å². The van der Waals surface area contributed by atoms with Crippen molar-refractivity contribution in [1.82, 2.24) is 5.32 Å². The monoisotopic (exact) mass is 334 g/mol. The van der Waals surface area contributed by atoms with Crippen molar-refractivity contribution in [3.8, 4) is 11.5 Å². The average molecular weight is 334 g/mol. The van der Waals surface area contributed by atoms with Gasteiger partial charge in [0.2, 0.25) is 0 Å². The number of rotatable bonds is 8. The Morgan fingerprint density at radius 3 is 2.83 bits per heavy atom. The highest BCUT2D eigenvalue weighted by atomic mass is 16.6. The minimum absolute atomic E-state index is 0.115. The van der Waals surface area contributed by atoms with Crippen LogP contribution in [-0.4, -0.2) is 31.1 Å². The van der Waals surface area contributed by atoms with Gasteiger partial charge in [-0.3, -0.25) is 14.9 Å². The molecular weight excluding hydrogens is 312 g/mol. The zero-order valence-electron chi connectivity index (χ0n) is 13.7. The molecule has 0 saturated heterocycles. The number of benzene rings is 1. The summed E-state index contributed by atoms with van der Waals surface area (Å²) in [4.78, 5) is 22.1. The van der Waals surface area contributed by atoms with Crippen molar-refractivity contribution in [2.75, 3.05) is 20.3 Å². The highest BCUT2D eigenvalue weighted by molar-refractivity contribution is 5.77. The molecule has 1 aliphatic rings. The maximum Gasteiger partial charge on any atom is 0.273 e. The minimum Gasteiger partial charge on any atom is -0.493 e. The summed E-state index contributed by atoms with van der Waals surface area (Å²) in [5, 5.41) is 13.6. The summed E-state index contributed by atoms with van der Waals surface area (Å²) >= 11 is 0. The summed E-state index contributed by atoms with van der Waals surface area (Å²) in [6, 6.07) is 4.02. The van der Waals surface area contributed by atoms with Gasteiger partial charge in [-0.2, -0.15) is 0 Å². The number of nitrogens with one attached hydrogen (secondary N) is 1. The molecule has 0 bridgehead atoms. The van der Waals surface area contributed by atoms with Crippen LogP contribution in [0.2, 0.25) is 0 Å². The highest BCUT2D eigenvalue weighted by Crippen LogP contribution is 2.31. The van der Waals surface area contributed by atoms with E-state index in [2.05, 4.69) is 11.4 Å². The summed E-state index contributed by atoms with van der Waals surface area (Å²) in [5.74, 6) is 0.262. The van der Waals surface area contributed by atoms with Crippen molar-refractivity contribution in [1.29, 1.82) is 0 Å². The molecule has 0 radical (unpaired) electrons. The highest BCUT2D eigenvalue weighted by Gasteiger charge is 2.14. The van der Waals surface area contributed by atoms with Gasteiger partial charge < -0.3 is 14.8 Å². The molecule has 7 nitrogen and oxygen atoms in total. The van der Waals surface area contributed by atoms with Crippen molar-refractivity contribution < 1.29 is 19.2 Å². The number of allylic oxidation sites excluding steroid dienone is 1. The topological polar surface area (TPSA) is 90.7 Å². The Bertz CT molecular complexity index is 627.